The molecule has 6 nitrogen and oxygen atoms in total. The predicted molar refractivity (Wildman–Crippen MR) is 73.8 cm³/mol. The molecule has 2 atom stereocenters. The van der Waals surface area contributed by atoms with E-state index in [-0.39, 0.29) is 5.91 Å². The molecule has 0 saturated carbocycles. The van der Waals surface area contributed by atoms with Gasteiger partial charge < -0.3 is 10.4 Å². The highest BCUT2D eigenvalue weighted by molar-refractivity contribution is 5.84. The molecule has 1 spiro atoms. The number of nitrogens with zero attached hydrogens (tertiary/aromatic N) is 3. The molecule has 2 aliphatic heterocycles. The van der Waals surface area contributed by atoms with Crippen molar-refractivity contribution >= 4 is 5.91 Å². The molecule has 1 aromatic rings. The molecular weight excluding hydrogens is 256 g/mol. The molecule has 1 amide bonds. The maximum absolute atomic E-state index is 12.3. The fourth-order valence-corrected chi connectivity index (χ4v) is 3.45. The summed E-state index contributed by atoms with van der Waals surface area (Å²) in [7, 11) is 1.93. The molecule has 6 heteroatoms. The van der Waals surface area contributed by atoms with Crippen molar-refractivity contribution in [1.82, 2.24) is 20.0 Å². The number of aromatic nitrogens is 2. The number of hydrogen-bond donors (Lipinski definition) is 2. The number of aliphatic hydroxyl groups is 1. The van der Waals surface area contributed by atoms with Gasteiger partial charge in [-0.3, -0.25) is 14.4 Å². The molecule has 0 radical (unpaired) electrons. The highest BCUT2D eigenvalue weighted by Crippen LogP contribution is 2.37. The van der Waals surface area contributed by atoms with Gasteiger partial charge in [0, 0.05) is 39.4 Å². The van der Waals surface area contributed by atoms with Crippen LogP contribution in [0.4, 0.5) is 0 Å². The van der Waals surface area contributed by atoms with Gasteiger partial charge in [-0.05, 0) is 25.3 Å². The number of hydrogen-bond acceptors (Lipinski definition) is 4. The Morgan fingerprint density at radius 2 is 2.45 bits per heavy atom. The van der Waals surface area contributed by atoms with Crippen LogP contribution in [0.25, 0.3) is 0 Å². The van der Waals surface area contributed by atoms with Crippen molar-refractivity contribution in [1.29, 1.82) is 0 Å². The van der Waals surface area contributed by atoms with Crippen molar-refractivity contribution in [2.75, 3.05) is 19.6 Å². The predicted octanol–water partition coefficient (Wildman–Crippen LogP) is -0.117. The Morgan fingerprint density at radius 3 is 3.15 bits per heavy atom. The van der Waals surface area contributed by atoms with E-state index in [4.69, 9.17) is 0 Å². The summed E-state index contributed by atoms with van der Waals surface area (Å²) in [5.74, 6) is 0.0194. The number of aryl methyl sites for hydroxylation is 1. The zero-order valence-electron chi connectivity index (χ0n) is 11.9. The number of nitrogens with one attached hydrogen (secondary N) is 1. The lowest BCUT2D eigenvalue weighted by Gasteiger charge is -2.46. The molecule has 20 heavy (non-hydrogen) atoms. The van der Waals surface area contributed by atoms with Gasteiger partial charge in [-0.1, -0.05) is 0 Å². The molecule has 0 aliphatic carbocycles. The summed E-state index contributed by atoms with van der Waals surface area (Å²) in [6, 6.07) is 2.00. The summed E-state index contributed by atoms with van der Waals surface area (Å²) in [5.41, 5.74) is 0.516. The van der Waals surface area contributed by atoms with Gasteiger partial charge in [0.25, 0.3) is 0 Å². The van der Waals surface area contributed by atoms with E-state index in [0.29, 0.717) is 13.0 Å². The van der Waals surface area contributed by atoms with Gasteiger partial charge in [0.05, 0.1) is 17.2 Å². The molecule has 2 aliphatic rings. The third kappa shape index (κ3) is 2.23. The number of aliphatic hydroxyl groups excluding tert-OH is 1. The molecular formula is C14H22N4O2. The molecule has 2 saturated heterocycles. The molecule has 0 aromatic carbocycles. The first-order valence-electron chi connectivity index (χ1n) is 7.27. The molecule has 1 aromatic heterocycles. The Morgan fingerprint density at radius 1 is 1.60 bits per heavy atom. The van der Waals surface area contributed by atoms with E-state index in [0.717, 1.165) is 38.2 Å². The summed E-state index contributed by atoms with van der Waals surface area (Å²) < 4.78 is 1.86. The van der Waals surface area contributed by atoms with Crippen molar-refractivity contribution in [3.63, 3.8) is 0 Å². The number of carbonyl (C=O) groups is 1. The average Bonchev–Trinajstić information content (AvgIpc) is 2.83. The van der Waals surface area contributed by atoms with Gasteiger partial charge in [-0.2, -0.15) is 5.10 Å². The van der Waals surface area contributed by atoms with Gasteiger partial charge in [-0.25, -0.2) is 0 Å². The Labute approximate surface area is 118 Å². The zero-order valence-corrected chi connectivity index (χ0v) is 11.9. The topological polar surface area (TPSA) is 70.4 Å². The molecule has 110 valence electrons. The van der Waals surface area contributed by atoms with Crippen LogP contribution in [-0.2, 0) is 18.4 Å². The Balaban J connectivity index is 1.76. The van der Waals surface area contributed by atoms with Crippen LogP contribution >= 0.6 is 0 Å². The molecule has 3 heterocycles. The SMILES string of the molecule is Cn1nccc1CN1CC[C@@H](O)[C@@]2(CCCNC2=O)C1. The first kappa shape index (κ1) is 13.6. The second kappa shape index (κ2) is 5.18. The zero-order chi connectivity index (χ0) is 14.2. The highest BCUT2D eigenvalue weighted by atomic mass is 16.3. The number of amides is 1. The fraction of sp³-hybridized carbons (Fsp3) is 0.714. The molecule has 0 bridgehead atoms. The van der Waals surface area contributed by atoms with Crippen molar-refractivity contribution in [2.45, 2.75) is 31.9 Å². The highest BCUT2D eigenvalue weighted by Gasteiger charge is 2.49. The largest absolute Gasteiger partial charge is 0.392 e. The first-order valence-corrected chi connectivity index (χ1v) is 7.27. The van der Waals surface area contributed by atoms with Gasteiger partial charge in [0.2, 0.25) is 5.91 Å². The number of likely N-dealkylation sites (tertiary alicyclic amines) is 1. The maximum Gasteiger partial charge on any atom is 0.230 e. The van der Waals surface area contributed by atoms with E-state index in [9.17, 15) is 9.90 Å². The minimum Gasteiger partial charge on any atom is -0.392 e. The van der Waals surface area contributed by atoms with Crippen molar-refractivity contribution < 1.29 is 9.90 Å². The molecule has 3 rings (SSSR count). The van der Waals surface area contributed by atoms with E-state index in [2.05, 4.69) is 15.3 Å². The van der Waals surface area contributed by atoms with Crippen molar-refractivity contribution in [3.8, 4) is 0 Å². The summed E-state index contributed by atoms with van der Waals surface area (Å²) in [6.07, 6.45) is 3.65. The summed E-state index contributed by atoms with van der Waals surface area (Å²) >= 11 is 0. The van der Waals surface area contributed by atoms with Crippen LogP contribution in [0.5, 0.6) is 0 Å². The van der Waals surface area contributed by atoms with Crippen LogP contribution in [0.1, 0.15) is 25.0 Å². The lowest BCUT2D eigenvalue weighted by Crippen LogP contribution is -2.61. The average molecular weight is 278 g/mol. The maximum atomic E-state index is 12.3. The van der Waals surface area contributed by atoms with E-state index < -0.39 is 11.5 Å². The number of piperidine rings is 2. The van der Waals surface area contributed by atoms with Crippen LogP contribution in [0.15, 0.2) is 12.3 Å². The monoisotopic (exact) mass is 278 g/mol. The number of rotatable bonds is 2. The van der Waals surface area contributed by atoms with E-state index >= 15 is 0 Å². The molecule has 2 N–H and O–H groups in total. The summed E-state index contributed by atoms with van der Waals surface area (Å²) in [5, 5.41) is 17.4. The van der Waals surface area contributed by atoms with E-state index in [1.165, 1.54) is 0 Å². The summed E-state index contributed by atoms with van der Waals surface area (Å²) in [6.45, 7) is 2.96. The van der Waals surface area contributed by atoms with Gasteiger partial charge in [0.1, 0.15) is 0 Å². The van der Waals surface area contributed by atoms with Crippen LogP contribution in [-0.4, -0.2) is 51.4 Å². The first-order chi connectivity index (χ1) is 9.62. The molecule has 0 unspecified atom stereocenters. The number of carbonyl (C=O) groups excluding carboxylic acids is 1. The van der Waals surface area contributed by atoms with Gasteiger partial charge in [-0.15, -0.1) is 0 Å². The third-order valence-electron chi connectivity index (χ3n) is 4.71. The fourth-order valence-electron chi connectivity index (χ4n) is 3.45. The Hall–Kier alpha value is -1.40. The van der Waals surface area contributed by atoms with Gasteiger partial charge in [0.15, 0.2) is 0 Å². The van der Waals surface area contributed by atoms with Crippen LogP contribution in [0, 0.1) is 5.41 Å². The lowest BCUT2D eigenvalue weighted by molar-refractivity contribution is -0.149. The Kier molecular flexibility index (Phi) is 3.52. The summed E-state index contributed by atoms with van der Waals surface area (Å²) in [4.78, 5) is 14.5. The van der Waals surface area contributed by atoms with Crippen LogP contribution in [0.3, 0.4) is 0 Å². The standard InChI is InChI=1S/C14H22N4O2/c1-17-11(3-7-16-17)9-18-8-4-12(19)14(10-18)5-2-6-15-13(14)20/h3,7,12,19H,2,4-6,8-10H2,1H3,(H,15,20)/t12-,14-/m1/s1. The minimum atomic E-state index is -0.616. The second-order valence-electron chi connectivity index (χ2n) is 5.98. The molecule has 2 fully saturated rings. The van der Waals surface area contributed by atoms with Crippen molar-refractivity contribution in [3.05, 3.63) is 18.0 Å². The Bertz CT molecular complexity index is 501. The minimum absolute atomic E-state index is 0.0194. The normalized spacial score (nSPS) is 31.5. The second-order valence-corrected chi connectivity index (χ2v) is 5.98. The van der Waals surface area contributed by atoms with E-state index in [1.54, 1.807) is 6.20 Å². The lowest BCUT2D eigenvalue weighted by atomic mass is 9.71. The van der Waals surface area contributed by atoms with Crippen molar-refractivity contribution in [2.24, 2.45) is 12.5 Å². The van der Waals surface area contributed by atoms with Gasteiger partial charge >= 0.3 is 0 Å². The van der Waals surface area contributed by atoms with Crippen LogP contribution in [0.2, 0.25) is 0 Å². The smallest absolute Gasteiger partial charge is 0.230 e. The van der Waals surface area contributed by atoms with Crippen LogP contribution < -0.4 is 5.32 Å². The third-order valence-corrected chi connectivity index (χ3v) is 4.71. The van der Waals surface area contributed by atoms with E-state index in [1.807, 2.05) is 17.8 Å². The quantitative estimate of drug-likeness (QED) is 0.791.